The summed E-state index contributed by atoms with van der Waals surface area (Å²) in [6.45, 7) is 4.58. The predicted octanol–water partition coefficient (Wildman–Crippen LogP) is 5.50. The van der Waals surface area contributed by atoms with Gasteiger partial charge in [0.15, 0.2) is 17.3 Å². The van der Waals surface area contributed by atoms with Gasteiger partial charge in [-0.3, -0.25) is 34.0 Å². The van der Waals surface area contributed by atoms with Crippen molar-refractivity contribution in [1.82, 2.24) is 20.2 Å². The largest absolute Gasteiger partial charge is 0.388 e. The van der Waals surface area contributed by atoms with Crippen LogP contribution in [0.5, 0.6) is 0 Å². The first-order valence-electron chi connectivity index (χ1n) is 15.5. The fourth-order valence-corrected chi connectivity index (χ4v) is 5.19. The van der Waals surface area contributed by atoms with Crippen molar-refractivity contribution < 1.29 is 24.3 Å². The summed E-state index contributed by atoms with van der Waals surface area (Å²) in [5, 5.41) is 12.5. The highest BCUT2D eigenvalue weighted by Crippen LogP contribution is 2.27. The van der Waals surface area contributed by atoms with Gasteiger partial charge in [0, 0.05) is 75.0 Å². The molecule has 0 radical (unpaired) electrons. The topological polar surface area (TPSA) is 130 Å². The summed E-state index contributed by atoms with van der Waals surface area (Å²) < 4.78 is 0. The maximum Gasteiger partial charge on any atom is 0.216 e. The monoisotopic (exact) mass is 600 g/mol. The maximum absolute atomic E-state index is 13.9. The second-order valence-corrected chi connectivity index (χ2v) is 11.0. The molecular weight excluding hydrogens is 556 g/mol. The quantitative estimate of drug-likeness (QED) is 0.129. The average molecular weight is 601 g/mol. The Bertz CT molecular complexity index is 1340. The van der Waals surface area contributed by atoms with E-state index in [0.717, 1.165) is 24.2 Å². The Labute approximate surface area is 260 Å². The van der Waals surface area contributed by atoms with Gasteiger partial charge in [-0.05, 0) is 49.1 Å². The third-order valence-corrected chi connectivity index (χ3v) is 7.37. The Hall–Kier alpha value is -4.08. The fraction of sp³-hybridized carbons (Fsp3) is 0.429. The average Bonchev–Trinajstić information content (AvgIpc) is 3.02. The molecule has 0 spiro atoms. The minimum absolute atomic E-state index is 0.0827. The molecule has 44 heavy (non-hydrogen) atoms. The molecule has 234 valence electrons. The standard InChI is InChI=1S/C35H44N4O5/c1-3-4-6-15-31(42)34-27(22-39(23-28-13-8-11-20-37-28)24-29-14-9-12-21-38-29)17-18-30(33(44)25-40)35(34)32(43)16-7-5-10-19-36-26(2)41/h8-9,11-14,17-18,20-21,40H,3-7,10,15-16,19,22-25H2,1-2H3,(H,36,41). The number of hydrogen-bond donors (Lipinski definition) is 2. The van der Waals surface area contributed by atoms with Crippen LogP contribution >= 0.6 is 0 Å². The lowest BCUT2D eigenvalue weighted by Crippen LogP contribution is -2.26. The second kappa shape index (κ2) is 18.6. The fourth-order valence-electron chi connectivity index (χ4n) is 5.19. The van der Waals surface area contributed by atoms with Gasteiger partial charge in [0.2, 0.25) is 5.91 Å². The molecule has 2 heterocycles. The second-order valence-electron chi connectivity index (χ2n) is 11.0. The zero-order chi connectivity index (χ0) is 31.7. The molecule has 9 nitrogen and oxygen atoms in total. The number of pyridine rings is 2. The van der Waals surface area contributed by atoms with Gasteiger partial charge in [0.1, 0.15) is 6.61 Å². The normalized spacial score (nSPS) is 11.0. The highest BCUT2D eigenvalue weighted by Gasteiger charge is 2.27. The Morgan fingerprint density at radius 3 is 1.89 bits per heavy atom. The number of nitrogens with zero attached hydrogens (tertiary/aromatic N) is 3. The van der Waals surface area contributed by atoms with Crippen molar-refractivity contribution in [3.63, 3.8) is 0 Å². The molecule has 9 heteroatoms. The number of carbonyl (C=O) groups excluding carboxylic acids is 4. The molecule has 0 aliphatic carbocycles. The summed E-state index contributed by atoms with van der Waals surface area (Å²) in [5.41, 5.74) is 2.82. The van der Waals surface area contributed by atoms with E-state index in [9.17, 15) is 24.3 Å². The van der Waals surface area contributed by atoms with E-state index in [1.165, 1.54) is 6.92 Å². The number of Topliss-reactive ketones (excluding diaryl/α,β-unsaturated/α-hetero) is 3. The van der Waals surface area contributed by atoms with Gasteiger partial charge < -0.3 is 10.4 Å². The molecule has 0 saturated carbocycles. The van der Waals surface area contributed by atoms with Gasteiger partial charge in [-0.15, -0.1) is 0 Å². The van der Waals surface area contributed by atoms with Crippen LogP contribution in [-0.4, -0.2) is 56.4 Å². The molecule has 0 atom stereocenters. The number of aliphatic hydroxyl groups is 1. The van der Waals surface area contributed by atoms with Crippen molar-refractivity contribution in [1.29, 1.82) is 0 Å². The minimum Gasteiger partial charge on any atom is -0.388 e. The number of unbranched alkanes of at least 4 members (excludes halogenated alkanes) is 4. The number of amides is 1. The highest BCUT2D eigenvalue weighted by molar-refractivity contribution is 6.16. The van der Waals surface area contributed by atoms with Gasteiger partial charge in [0.05, 0.1) is 11.4 Å². The lowest BCUT2D eigenvalue weighted by Gasteiger charge is -2.25. The first kappa shape index (κ1) is 34.4. The van der Waals surface area contributed by atoms with Crippen LogP contribution in [0.2, 0.25) is 0 Å². The molecule has 0 saturated heterocycles. The van der Waals surface area contributed by atoms with Crippen molar-refractivity contribution in [3.05, 3.63) is 94.6 Å². The van der Waals surface area contributed by atoms with Crippen LogP contribution in [0, 0.1) is 0 Å². The molecule has 0 aliphatic heterocycles. The van der Waals surface area contributed by atoms with E-state index in [1.54, 1.807) is 24.5 Å². The summed E-state index contributed by atoms with van der Waals surface area (Å²) in [7, 11) is 0. The molecule has 0 bridgehead atoms. The number of hydrogen-bond acceptors (Lipinski definition) is 8. The van der Waals surface area contributed by atoms with Gasteiger partial charge in [0.25, 0.3) is 0 Å². The summed E-state index contributed by atoms with van der Waals surface area (Å²) in [4.78, 5) is 62.8. The summed E-state index contributed by atoms with van der Waals surface area (Å²) >= 11 is 0. The Kier molecular flexibility index (Phi) is 14.5. The number of ketones is 3. The van der Waals surface area contributed by atoms with Gasteiger partial charge in [-0.2, -0.15) is 0 Å². The van der Waals surface area contributed by atoms with Crippen LogP contribution in [-0.2, 0) is 24.4 Å². The summed E-state index contributed by atoms with van der Waals surface area (Å²) in [6, 6.07) is 14.7. The van der Waals surface area contributed by atoms with Crippen LogP contribution in [0.25, 0.3) is 0 Å². The van der Waals surface area contributed by atoms with E-state index < -0.39 is 12.4 Å². The van der Waals surface area contributed by atoms with E-state index in [4.69, 9.17) is 0 Å². The Morgan fingerprint density at radius 1 is 0.727 bits per heavy atom. The molecule has 2 N–H and O–H groups in total. The maximum atomic E-state index is 13.9. The van der Waals surface area contributed by atoms with Crippen LogP contribution in [0.1, 0.15) is 113 Å². The van der Waals surface area contributed by atoms with E-state index in [0.29, 0.717) is 57.4 Å². The first-order chi connectivity index (χ1) is 21.3. The number of aromatic nitrogens is 2. The molecule has 1 aromatic carbocycles. The number of nitrogens with one attached hydrogen (secondary N) is 1. The molecule has 0 unspecified atom stereocenters. The van der Waals surface area contributed by atoms with Gasteiger partial charge in [-0.25, -0.2) is 0 Å². The van der Waals surface area contributed by atoms with Crippen LogP contribution in [0.3, 0.4) is 0 Å². The van der Waals surface area contributed by atoms with Gasteiger partial charge >= 0.3 is 0 Å². The highest BCUT2D eigenvalue weighted by atomic mass is 16.3. The Morgan fingerprint density at radius 2 is 1.34 bits per heavy atom. The smallest absolute Gasteiger partial charge is 0.216 e. The van der Waals surface area contributed by atoms with Crippen molar-refractivity contribution in [2.45, 2.75) is 84.8 Å². The molecule has 1 amide bonds. The third kappa shape index (κ3) is 10.9. The number of rotatable bonds is 20. The van der Waals surface area contributed by atoms with E-state index >= 15 is 0 Å². The molecule has 0 fully saturated rings. The van der Waals surface area contributed by atoms with Crippen molar-refractivity contribution in [3.8, 4) is 0 Å². The van der Waals surface area contributed by atoms with Gasteiger partial charge in [-0.1, -0.05) is 50.5 Å². The number of aliphatic hydroxyl groups excluding tert-OH is 1. The SMILES string of the molecule is CCCCCC(=O)c1c(CN(Cc2ccccn2)Cc2ccccn2)ccc(C(=O)CO)c1C(=O)CCCCCNC(C)=O. The van der Waals surface area contributed by atoms with Crippen LogP contribution in [0.15, 0.2) is 60.9 Å². The van der Waals surface area contributed by atoms with Crippen LogP contribution < -0.4 is 5.32 Å². The zero-order valence-corrected chi connectivity index (χ0v) is 25.9. The lowest BCUT2D eigenvalue weighted by atomic mass is 9.86. The van der Waals surface area contributed by atoms with Crippen molar-refractivity contribution in [2.75, 3.05) is 13.2 Å². The minimum atomic E-state index is -0.759. The van der Waals surface area contributed by atoms with E-state index in [1.807, 2.05) is 36.4 Å². The molecule has 3 aromatic rings. The number of benzene rings is 1. The Balaban J connectivity index is 2.01. The third-order valence-electron chi connectivity index (χ3n) is 7.37. The molecule has 2 aromatic heterocycles. The predicted molar refractivity (Wildman–Crippen MR) is 169 cm³/mol. The van der Waals surface area contributed by atoms with Crippen molar-refractivity contribution >= 4 is 23.3 Å². The van der Waals surface area contributed by atoms with E-state index in [-0.39, 0.29) is 47.0 Å². The molecule has 3 rings (SSSR count). The summed E-state index contributed by atoms with van der Waals surface area (Å²) in [5.74, 6) is -1.16. The van der Waals surface area contributed by atoms with Crippen molar-refractivity contribution in [2.24, 2.45) is 0 Å². The number of carbonyl (C=O) groups is 4. The first-order valence-corrected chi connectivity index (χ1v) is 15.5. The lowest BCUT2D eigenvalue weighted by molar-refractivity contribution is -0.118. The zero-order valence-electron chi connectivity index (χ0n) is 25.9. The van der Waals surface area contributed by atoms with E-state index in [2.05, 4.69) is 27.1 Å². The van der Waals surface area contributed by atoms with Crippen LogP contribution in [0.4, 0.5) is 0 Å². The summed E-state index contributed by atoms with van der Waals surface area (Å²) in [6.07, 6.45) is 8.34. The molecular formula is C35H44N4O5. The molecule has 0 aliphatic rings.